The number of nitrogens with one attached hydrogen (secondary N) is 1. The lowest BCUT2D eigenvalue weighted by atomic mass is 9.99. The summed E-state index contributed by atoms with van der Waals surface area (Å²) in [6.45, 7) is 3.30. The number of nitrogens with zero attached hydrogens (tertiary/aromatic N) is 2. The van der Waals surface area contributed by atoms with Crippen LogP contribution in [0.2, 0.25) is 0 Å². The number of pyridine rings is 1. The van der Waals surface area contributed by atoms with Crippen LogP contribution in [0.15, 0.2) is 83.8 Å². The summed E-state index contributed by atoms with van der Waals surface area (Å²) in [6.07, 6.45) is -0.168. The van der Waals surface area contributed by atoms with Crippen molar-refractivity contribution in [2.24, 2.45) is 5.92 Å². The highest BCUT2D eigenvalue weighted by molar-refractivity contribution is 7.22. The molecule has 1 amide bonds. The third-order valence-corrected chi connectivity index (χ3v) is 9.12. The predicted molar refractivity (Wildman–Crippen MR) is 179 cm³/mol. The maximum Gasteiger partial charge on any atom is 0.255 e. The Labute approximate surface area is 274 Å². The summed E-state index contributed by atoms with van der Waals surface area (Å²) in [5, 5.41) is 21.6. The molecule has 0 fully saturated rings. The maximum atomic E-state index is 14.9. The van der Waals surface area contributed by atoms with Crippen LogP contribution >= 0.6 is 11.3 Å². The van der Waals surface area contributed by atoms with E-state index in [0.29, 0.717) is 45.0 Å². The zero-order valence-electron chi connectivity index (χ0n) is 26.2. The van der Waals surface area contributed by atoms with Crippen molar-refractivity contribution < 1.29 is 28.6 Å². The van der Waals surface area contributed by atoms with E-state index in [2.05, 4.69) is 5.32 Å². The first kappa shape index (κ1) is 33.8. The average molecular weight is 660 g/mol. The molecule has 8 nitrogen and oxygen atoms in total. The summed E-state index contributed by atoms with van der Waals surface area (Å²) in [5.74, 6) is -3.10. The summed E-state index contributed by atoms with van der Waals surface area (Å²) in [6, 6.07) is 20.2. The van der Waals surface area contributed by atoms with E-state index < -0.39 is 41.6 Å². The molecule has 3 aromatic carbocycles. The van der Waals surface area contributed by atoms with Gasteiger partial charge in [-0.25, -0.2) is 8.78 Å². The largest absolute Gasteiger partial charge is 0.393 e. The number of fused-ring (bicyclic) bond motifs is 1. The second kappa shape index (κ2) is 14.5. The first-order valence-corrected chi connectivity index (χ1v) is 15.9. The first-order chi connectivity index (χ1) is 22.5. The fourth-order valence-electron chi connectivity index (χ4n) is 5.37. The van der Waals surface area contributed by atoms with Crippen LogP contribution in [-0.2, 0) is 24.4 Å². The van der Waals surface area contributed by atoms with Gasteiger partial charge < -0.3 is 20.1 Å². The topological polar surface area (TPSA) is 112 Å². The molecule has 0 saturated heterocycles. The number of benzene rings is 3. The standard InChI is InChI=1S/C36H35F2N3O5S/c1-21(2)32(44)27-19-41(18-25-28(37)10-7-11-29(25)38)36-31(33(27)45)26(17-40(3)16-22-8-5-4-6-9-22)34(47-36)23-12-14-24(15-13-23)39-35(46)30(43)20-42/h4-15,19,21,30,42-43H,16-18,20H2,1-3H3,(H,39,46). The van der Waals surface area contributed by atoms with Crippen molar-refractivity contribution in [2.75, 3.05) is 19.0 Å². The molecule has 0 aliphatic heterocycles. The van der Waals surface area contributed by atoms with E-state index in [9.17, 15) is 28.3 Å². The van der Waals surface area contributed by atoms with Gasteiger partial charge in [0.25, 0.3) is 5.91 Å². The van der Waals surface area contributed by atoms with Crippen molar-refractivity contribution in [3.05, 3.63) is 123 Å². The molecule has 0 radical (unpaired) electrons. The van der Waals surface area contributed by atoms with E-state index in [-0.39, 0.29) is 23.5 Å². The molecule has 2 aromatic heterocycles. The summed E-state index contributed by atoms with van der Waals surface area (Å²) in [4.78, 5) is 42.9. The van der Waals surface area contributed by atoms with Gasteiger partial charge in [0.15, 0.2) is 11.9 Å². The number of amides is 1. The number of ketones is 1. The molecule has 11 heteroatoms. The molecule has 3 N–H and O–H groups in total. The molecule has 5 aromatic rings. The number of halogens is 2. The van der Waals surface area contributed by atoms with Crippen LogP contribution in [0.4, 0.5) is 14.5 Å². The van der Waals surface area contributed by atoms with Crippen molar-refractivity contribution in [3.8, 4) is 10.4 Å². The van der Waals surface area contributed by atoms with Crippen molar-refractivity contribution in [3.63, 3.8) is 0 Å². The number of hydrogen-bond donors (Lipinski definition) is 3. The minimum Gasteiger partial charge on any atom is -0.393 e. The van der Waals surface area contributed by atoms with Crippen molar-refractivity contribution >= 4 is 38.9 Å². The van der Waals surface area contributed by atoms with Gasteiger partial charge in [-0.3, -0.25) is 19.3 Å². The van der Waals surface area contributed by atoms with E-state index in [1.807, 2.05) is 42.3 Å². The number of Topliss-reactive ketones (excluding diaryl/α,β-unsaturated/α-hetero) is 1. The number of anilines is 1. The van der Waals surface area contributed by atoms with Crippen LogP contribution in [0, 0.1) is 17.6 Å². The van der Waals surface area contributed by atoms with Crippen LogP contribution in [0.1, 0.15) is 40.9 Å². The van der Waals surface area contributed by atoms with E-state index in [1.54, 1.807) is 42.7 Å². The monoisotopic (exact) mass is 659 g/mol. The SMILES string of the molecule is CC(C)C(=O)c1cn(Cc2c(F)cccc2F)c2sc(-c3ccc(NC(=O)C(O)CO)cc3)c(CN(C)Cc3ccccc3)c2c1=O. The number of carbonyl (C=O) groups excluding carboxylic acids is 2. The summed E-state index contributed by atoms with van der Waals surface area (Å²) in [7, 11) is 1.92. The highest BCUT2D eigenvalue weighted by Crippen LogP contribution is 2.39. The Hall–Kier alpha value is -4.55. The van der Waals surface area contributed by atoms with E-state index in [1.165, 1.54) is 35.7 Å². The Morgan fingerprint density at radius 1 is 0.936 bits per heavy atom. The third kappa shape index (κ3) is 7.39. The molecule has 0 aliphatic carbocycles. The van der Waals surface area contributed by atoms with Gasteiger partial charge in [0.1, 0.15) is 16.5 Å². The quantitative estimate of drug-likeness (QED) is 0.146. The highest BCUT2D eigenvalue weighted by Gasteiger charge is 2.26. The number of aliphatic hydroxyl groups excluding tert-OH is 2. The normalized spacial score (nSPS) is 12.2. The number of thiophene rings is 1. The Balaban J connectivity index is 1.70. The molecule has 1 unspecified atom stereocenters. The number of rotatable bonds is 12. The minimum atomic E-state index is -1.57. The fraction of sp³-hybridized carbons (Fsp3) is 0.250. The third-order valence-electron chi connectivity index (χ3n) is 7.80. The summed E-state index contributed by atoms with van der Waals surface area (Å²) < 4.78 is 31.4. The van der Waals surface area contributed by atoms with Crippen LogP contribution in [0.25, 0.3) is 20.7 Å². The van der Waals surface area contributed by atoms with Crippen LogP contribution in [-0.4, -0.2) is 51.1 Å². The molecule has 47 heavy (non-hydrogen) atoms. The Bertz CT molecular complexity index is 1950. The number of aromatic nitrogens is 1. The van der Waals surface area contributed by atoms with Crippen LogP contribution < -0.4 is 10.7 Å². The van der Waals surface area contributed by atoms with Gasteiger partial charge in [0.05, 0.1) is 24.1 Å². The van der Waals surface area contributed by atoms with Crippen LogP contribution in [0.3, 0.4) is 0 Å². The zero-order valence-corrected chi connectivity index (χ0v) is 27.0. The smallest absolute Gasteiger partial charge is 0.255 e. The molecule has 2 heterocycles. The lowest BCUT2D eigenvalue weighted by Crippen LogP contribution is -2.30. The van der Waals surface area contributed by atoms with E-state index in [0.717, 1.165) is 5.56 Å². The van der Waals surface area contributed by atoms with Gasteiger partial charge in [0.2, 0.25) is 5.43 Å². The predicted octanol–water partition coefficient (Wildman–Crippen LogP) is 5.82. The second-order valence-corrected chi connectivity index (χ2v) is 12.7. The lowest BCUT2D eigenvalue weighted by molar-refractivity contribution is -0.125. The maximum absolute atomic E-state index is 14.9. The average Bonchev–Trinajstić information content (AvgIpc) is 3.43. The molecule has 0 aliphatic rings. The summed E-state index contributed by atoms with van der Waals surface area (Å²) in [5.41, 5.74) is 2.11. The molecule has 1 atom stereocenters. The van der Waals surface area contributed by atoms with Crippen molar-refractivity contribution in [2.45, 2.75) is 39.6 Å². The number of hydrogen-bond acceptors (Lipinski definition) is 7. The summed E-state index contributed by atoms with van der Waals surface area (Å²) >= 11 is 1.27. The Morgan fingerprint density at radius 3 is 2.21 bits per heavy atom. The molecular formula is C36H35F2N3O5S. The molecular weight excluding hydrogens is 624 g/mol. The minimum absolute atomic E-state index is 0.0546. The lowest BCUT2D eigenvalue weighted by Gasteiger charge is -2.18. The van der Waals surface area contributed by atoms with Gasteiger partial charge in [-0.15, -0.1) is 11.3 Å². The van der Waals surface area contributed by atoms with Crippen molar-refractivity contribution in [1.82, 2.24) is 9.47 Å². The van der Waals surface area contributed by atoms with E-state index >= 15 is 0 Å². The van der Waals surface area contributed by atoms with Gasteiger partial charge in [0, 0.05) is 41.3 Å². The molecule has 5 rings (SSSR count). The number of carbonyl (C=O) groups is 2. The van der Waals surface area contributed by atoms with Gasteiger partial charge >= 0.3 is 0 Å². The molecule has 0 bridgehead atoms. The van der Waals surface area contributed by atoms with Crippen LogP contribution in [0.5, 0.6) is 0 Å². The van der Waals surface area contributed by atoms with Gasteiger partial charge in [-0.1, -0.05) is 62.4 Å². The van der Waals surface area contributed by atoms with Gasteiger partial charge in [-0.2, -0.15) is 0 Å². The molecule has 0 saturated carbocycles. The Kier molecular flexibility index (Phi) is 10.4. The molecule has 0 spiro atoms. The zero-order chi connectivity index (χ0) is 33.8. The molecule has 244 valence electrons. The Morgan fingerprint density at radius 2 is 1.60 bits per heavy atom. The van der Waals surface area contributed by atoms with Gasteiger partial charge in [-0.05, 0) is 48.0 Å². The first-order valence-electron chi connectivity index (χ1n) is 15.1. The number of aliphatic hydroxyl groups is 2. The van der Waals surface area contributed by atoms with Crippen molar-refractivity contribution in [1.29, 1.82) is 0 Å². The highest BCUT2D eigenvalue weighted by atomic mass is 32.1. The second-order valence-electron chi connectivity index (χ2n) is 11.7. The fourth-order valence-corrected chi connectivity index (χ4v) is 6.66. The van der Waals surface area contributed by atoms with E-state index in [4.69, 9.17) is 5.11 Å².